The number of methoxy groups -OCH3 is 1. The Balaban J connectivity index is 1.73. The van der Waals surface area contributed by atoms with Crippen LogP contribution in [0, 0.1) is 6.92 Å². The molecule has 2 aromatic carbocycles. The molecule has 3 aromatic rings. The number of pyridine rings is 1. The van der Waals surface area contributed by atoms with Gasteiger partial charge in [0.25, 0.3) is 11.8 Å². The molecule has 3 rings (SSSR count). The first-order chi connectivity index (χ1) is 14.3. The number of amides is 2. The molecule has 0 radical (unpaired) electrons. The Bertz CT molecular complexity index is 1110. The Kier molecular flexibility index (Phi) is 6.42. The third-order valence-corrected chi connectivity index (χ3v) is 4.53. The van der Waals surface area contributed by atoms with Gasteiger partial charge in [0.05, 0.1) is 30.0 Å². The van der Waals surface area contributed by atoms with Gasteiger partial charge in [-0.05, 0) is 63.2 Å². The van der Waals surface area contributed by atoms with E-state index in [4.69, 9.17) is 21.1 Å². The molecule has 0 fully saturated rings. The van der Waals surface area contributed by atoms with E-state index >= 15 is 0 Å². The summed E-state index contributed by atoms with van der Waals surface area (Å²) in [5.41, 5.74) is 6.74. The predicted octanol–water partition coefficient (Wildman–Crippen LogP) is 4.07. The number of aromatic nitrogens is 1. The van der Waals surface area contributed by atoms with Crippen molar-refractivity contribution in [3.05, 3.63) is 64.3 Å². The normalized spacial score (nSPS) is 10.7. The van der Waals surface area contributed by atoms with Gasteiger partial charge in [0.2, 0.25) is 0 Å². The number of nitrogens with one attached hydrogen (secondary N) is 2. The molecule has 0 bridgehead atoms. The second-order valence-electron chi connectivity index (χ2n) is 6.90. The third kappa shape index (κ3) is 4.80. The average Bonchev–Trinajstić information content (AvgIpc) is 2.71. The van der Waals surface area contributed by atoms with Crippen molar-refractivity contribution in [2.24, 2.45) is 0 Å². The van der Waals surface area contributed by atoms with Gasteiger partial charge in [-0.3, -0.25) is 25.4 Å². The smallest absolute Gasteiger partial charge is 0.271 e. The Morgan fingerprint density at radius 3 is 2.43 bits per heavy atom. The summed E-state index contributed by atoms with van der Waals surface area (Å²) >= 11 is 6.02. The summed E-state index contributed by atoms with van der Waals surface area (Å²) < 4.78 is 10.9. The van der Waals surface area contributed by atoms with Gasteiger partial charge in [-0.1, -0.05) is 11.6 Å². The molecule has 0 aliphatic carbocycles. The fourth-order valence-corrected chi connectivity index (χ4v) is 3.07. The zero-order valence-electron chi connectivity index (χ0n) is 17.1. The number of carbonyl (C=O) groups excluding carboxylic acids is 2. The van der Waals surface area contributed by atoms with Crippen LogP contribution in [0.2, 0.25) is 5.02 Å². The number of fused-ring (bicyclic) bond motifs is 1. The van der Waals surface area contributed by atoms with Crippen LogP contribution in [-0.2, 0) is 0 Å². The van der Waals surface area contributed by atoms with Gasteiger partial charge in [-0.25, -0.2) is 0 Å². The van der Waals surface area contributed by atoms with Crippen LogP contribution in [0.5, 0.6) is 11.5 Å². The van der Waals surface area contributed by atoms with Crippen LogP contribution in [-0.4, -0.2) is 30.0 Å². The van der Waals surface area contributed by atoms with Crippen LogP contribution < -0.4 is 20.3 Å². The molecule has 0 atom stereocenters. The van der Waals surface area contributed by atoms with E-state index in [1.807, 2.05) is 13.8 Å². The third-order valence-electron chi connectivity index (χ3n) is 4.29. The van der Waals surface area contributed by atoms with Gasteiger partial charge < -0.3 is 9.47 Å². The number of ether oxygens (including phenoxy) is 2. The molecule has 0 saturated carbocycles. The molecular formula is C22H22ClN3O4. The second kappa shape index (κ2) is 9.00. The highest BCUT2D eigenvalue weighted by atomic mass is 35.5. The largest absolute Gasteiger partial charge is 0.493 e. The number of hydrazine groups is 1. The molecule has 156 valence electrons. The van der Waals surface area contributed by atoms with Crippen molar-refractivity contribution in [3.8, 4) is 11.5 Å². The van der Waals surface area contributed by atoms with Crippen LogP contribution in [0.3, 0.4) is 0 Å². The van der Waals surface area contributed by atoms with Gasteiger partial charge in [0.15, 0.2) is 11.5 Å². The lowest BCUT2D eigenvalue weighted by atomic mass is 10.1. The first-order valence-electron chi connectivity index (χ1n) is 9.30. The van der Waals surface area contributed by atoms with Crippen molar-refractivity contribution < 1.29 is 19.1 Å². The first kappa shape index (κ1) is 21.4. The number of benzene rings is 2. The standard InChI is InChI=1S/C22H22ClN3O4/c1-12(2)30-19-8-5-14(11-20(19)29-4)21(27)25-26-22(28)17-10-15-9-16(23)6-7-18(15)24-13(17)3/h5-12H,1-4H3,(H,25,27)(H,26,28). The Morgan fingerprint density at radius 1 is 1.00 bits per heavy atom. The number of halogens is 1. The number of rotatable bonds is 5. The van der Waals surface area contributed by atoms with Gasteiger partial charge in [-0.2, -0.15) is 0 Å². The van der Waals surface area contributed by atoms with Crippen molar-refractivity contribution in [1.82, 2.24) is 15.8 Å². The van der Waals surface area contributed by atoms with Gasteiger partial charge in [0, 0.05) is 16.0 Å². The summed E-state index contributed by atoms with van der Waals surface area (Å²) in [7, 11) is 1.49. The van der Waals surface area contributed by atoms with Crippen molar-refractivity contribution in [3.63, 3.8) is 0 Å². The Morgan fingerprint density at radius 2 is 1.73 bits per heavy atom. The molecule has 0 aliphatic rings. The first-order valence-corrected chi connectivity index (χ1v) is 9.68. The molecule has 1 heterocycles. The van der Waals surface area contributed by atoms with Gasteiger partial charge >= 0.3 is 0 Å². The maximum atomic E-state index is 12.6. The summed E-state index contributed by atoms with van der Waals surface area (Å²) in [6.07, 6.45) is -0.0356. The molecule has 8 heteroatoms. The van der Waals surface area contributed by atoms with Crippen molar-refractivity contribution >= 4 is 34.3 Å². The fourth-order valence-electron chi connectivity index (χ4n) is 2.89. The summed E-state index contributed by atoms with van der Waals surface area (Å²) in [6, 6.07) is 11.7. The van der Waals surface area contributed by atoms with E-state index in [-0.39, 0.29) is 6.10 Å². The minimum Gasteiger partial charge on any atom is -0.493 e. The van der Waals surface area contributed by atoms with Crippen LogP contribution in [0.15, 0.2) is 42.5 Å². The molecule has 30 heavy (non-hydrogen) atoms. The van der Waals surface area contributed by atoms with Gasteiger partial charge in [-0.15, -0.1) is 0 Å². The predicted molar refractivity (Wildman–Crippen MR) is 115 cm³/mol. The molecule has 7 nitrogen and oxygen atoms in total. The lowest BCUT2D eigenvalue weighted by Gasteiger charge is -2.15. The molecule has 2 N–H and O–H groups in total. The number of aryl methyl sites for hydroxylation is 1. The van der Waals surface area contributed by atoms with E-state index in [1.165, 1.54) is 7.11 Å². The molecule has 0 unspecified atom stereocenters. The summed E-state index contributed by atoms with van der Waals surface area (Å²) in [5.74, 6) is -0.0205. The van der Waals surface area contributed by atoms with Crippen LogP contribution in [0.25, 0.3) is 10.9 Å². The second-order valence-corrected chi connectivity index (χ2v) is 7.34. The minimum absolute atomic E-state index is 0.0356. The fraction of sp³-hybridized carbons (Fsp3) is 0.227. The average molecular weight is 428 g/mol. The zero-order valence-corrected chi connectivity index (χ0v) is 17.8. The van der Waals surface area contributed by atoms with Crippen LogP contribution in [0.4, 0.5) is 0 Å². The minimum atomic E-state index is -0.493. The highest BCUT2D eigenvalue weighted by Gasteiger charge is 2.15. The monoisotopic (exact) mass is 427 g/mol. The molecule has 0 spiro atoms. The Hall–Kier alpha value is -3.32. The van der Waals surface area contributed by atoms with E-state index in [0.717, 1.165) is 10.9 Å². The van der Waals surface area contributed by atoms with E-state index in [9.17, 15) is 9.59 Å². The summed E-state index contributed by atoms with van der Waals surface area (Å²) in [6.45, 7) is 5.52. The number of nitrogens with zero attached hydrogens (tertiary/aromatic N) is 1. The van der Waals surface area contributed by atoms with Crippen LogP contribution >= 0.6 is 11.6 Å². The highest BCUT2D eigenvalue weighted by molar-refractivity contribution is 6.31. The van der Waals surface area contributed by atoms with Crippen molar-refractivity contribution in [2.45, 2.75) is 26.9 Å². The molecule has 0 aliphatic heterocycles. The van der Waals surface area contributed by atoms with E-state index in [0.29, 0.717) is 33.3 Å². The lowest BCUT2D eigenvalue weighted by molar-refractivity contribution is 0.0846. The van der Waals surface area contributed by atoms with E-state index in [1.54, 1.807) is 49.4 Å². The van der Waals surface area contributed by atoms with E-state index in [2.05, 4.69) is 15.8 Å². The van der Waals surface area contributed by atoms with Crippen molar-refractivity contribution in [2.75, 3.05) is 7.11 Å². The molecular weight excluding hydrogens is 406 g/mol. The maximum absolute atomic E-state index is 12.6. The Labute approximate surface area is 179 Å². The van der Waals surface area contributed by atoms with Gasteiger partial charge in [0.1, 0.15) is 0 Å². The lowest BCUT2D eigenvalue weighted by Crippen LogP contribution is -2.42. The SMILES string of the molecule is COc1cc(C(=O)NNC(=O)c2cc3cc(Cl)ccc3nc2C)ccc1OC(C)C. The summed E-state index contributed by atoms with van der Waals surface area (Å²) in [5, 5.41) is 1.28. The number of hydrogen-bond acceptors (Lipinski definition) is 5. The summed E-state index contributed by atoms with van der Waals surface area (Å²) in [4.78, 5) is 29.5. The maximum Gasteiger partial charge on any atom is 0.271 e. The zero-order chi connectivity index (χ0) is 21.8. The molecule has 2 amide bonds. The number of carbonyl (C=O) groups is 2. The van der Waals surface area contributed by atoms with Crippen molar-refractivity contribution in [1.29, 1.82) is 0 Å². The van der Waals surface area contributed by atoms with E-state index < -0.39 is 11.8 Å². The topological polar surface area (TPSA) is 89.6 Å². The number of hydrogen-bond donors (Lipinski definition) is 2. The quantitative estimate of drug-likeness (QED) is 0.599. The molecule has 1 aromatic heterocycles. The highest BCUT2D eigenvalue weighted by Crippen LogP contribution is 2.29. The molecule has 0 saturated heterocycles. The van der Waals surface area contributed by atoms with Crippen LogP contribution in [0.1, 0.15) is 40.3 Å².